The molecule has 0 saturated carbocycles. The Labute approximate surface area is 162 Å². The standard InChI is InChI=1S/C22H21NOS2/c1-4-23(18-11-14(2)9-10-15(18)3)22(24)20-12-16-13-25-19-8-6-5-7-17(19)21(16)26-20/h5-12H,4,13H2,1-3H3. The average Bonchev–Trinajstić information content (AvgIpc) is 3.10. The monoisotopic (exact) mass is 379 g/mol. The van der Waals surface area contributed by atoms with E-state index in [4.69, 9.17) is 0 Å². The van der Waals surface area contributed by atoms with Crippen molar-refractivity contribution in [3.8, 4) is 10.4 Å². The lowest BCUT2D eigenvalue weighted by Crippen LogP contribution is -2.30. The molecule has 0 radical (unpaired) electrons. The van der Waals surface area contributed by atoms with E-state index in [1.54, 1.807) is 11.3 Å². The Morgan fingerprint density at radius 3 is 2.73 bits per heavy atom. The van der Waals surface area contributed by atoms with Crippen molar-refractivity contribution in [3.05, 3.63) is 70.1 Å². The molecule has 2 nitrogen and oxygen atoms in total. The summed E-state index contributed by atoms with van der Waals surface area (Å²) in [7, 11) is 0. The van der Waals surface area contributed by atoms with Crippen molar-refractivity contribution in [2.45, 2.75) is 31.4 Å². The van der Waals surface area contributed by atoms with E-state index >= 15 is 0 Å². The number of amides is 1. The second kappa shape index (κ2) is 6.93. The fraction of sp³-hybridized carbons (Fsp3) is 0.227. The average molecular weight is 380 g/mol. The van der Waals surface area contributed by atoms with E-state index in [2.05, 4.69) is 62.4 Å². The number of carbonyl (C=O) groups excluding carboxylic acids is 1. The first kappa shape index (κ1) is 17.4. The molecule has 4 heteroatoms. The lowest BCUT2D eigenvalue weighted by molar-refractivity contribution is 0.0992. The number of hydrogen-bond donors (Lipinski definition) is 0. The van der Waals surface area contributed by atoms with Crippen LogP contribution in [-0.2, 0) is 5.75 Å². The van der Waals surface area contributed by atoms with Crippen LogP contribution in [-0.4, -0.2) is 12.5 Å². The van der Waals surface area contributed by atoms with E-state index in [1.807, 2.05) is 23.6 Å². The van der Waals surface area contributed by atoms with E-state index < -0.39 is 0 Å². The molecule has 0 fully saturated rings. The summed E-state index contributed by atoms with van der Waals surface area (Å²) in [5.74, 6) is 1.04. The van der Waals surface area contributed by atoms with E-state index in [-0.39, 0.29) is 5.91 Å². The molecule has 0 spiro atoms. The Morgan fingerprint density at radius 1 is 1.12 bits per heavy atom. The lowest BCUT2D eigenvalue weighted by Gasteiger charge is -2.23. The highest BCUT2D eigenvalue weighted by atomic mass is 32.2. The molecule has 0 bridgehead atoms. The van der Waals surface area contributed by atoms with Gasteiger partial charge in [0, 0.05) is 33.3 Å². The molecule has 2 heterocycles. The predicted molar refractivity (Wildman–Crippen MR) is 113 cm³/mol. The molecule has 0 saturated heterocycles. The molecule has 1 aromatic heterocycles. The van der Waals surface area contributed by atoms with Gasteiger partial charge in [-0.3, -0.25) is 4.79 Å². The van der Waals surface area contributed by atoms with Crippen molar-refractivity contribution in [3.63, 3.8) is 0 Å². The molecule has 3 aromatic rings. The van der Waals surface area contributed by atoms with Crippen LogP contribution in [0.1, 0.15) is 33.3 Å². The fourth-order valence-electron chi connectivity index (χ4n) is 3.37. The Morgan fingerprint density at radius 2 is 1.92 bits per heavy atom. The van der Waals surface area contributed by atoms with Crippen LogP contribution in [0.15, 0.2) is 53.4 Å². The molecular formula is C22H21NOS2. The summed E-state index contributed by atoms with van der Waals surface area (Å²) < 4.78 is 0. The van der Waals surface area contributed by atoms with Crippen LogP contribution in [0.5, 0.6) is 0 Å². The number of thiophene rings is 1. The summed E-state index contributed by atoms with van der Waals surface area (Å²) in [6.45, 7) is 6.84. The Kier molecular flexibility index (Phi) is 4.63. The first-order valence-electron chi connectivity index (χ1n) is 8.82. The number of carbonyl (C=O) groups is 1. The van der Waals surface area contributed by atoms with Crippen LogP contribution < -0.4 is 4.90 Å². The zero-order chi connectivity index (χ0) is 18.3. The minimum atomic E-state index is 0.100. The summed E-state index contributed by atoms with van der Waals surface area (Å²) in [4.78, 5) is 18.6. The quantitative estimate of drug-likeness (QED) is 0.532. The first-order valence-corrected chi connectivity index (χ1v) is 10.6. The molecular weight excluding hydrogens is 358 g/mol. The van der Waals surface area contributed by atoms with Gasteiger partial charge in [-0.2, -0.15) is 0 Å². The van der Waals surface area contributed by atoms with Gasteiger partial charge in [-0.1, -0.05) is 30.3 Å². The zero-order valence-corrected chi connectivity index (χ0v) is 16.8. The number of benzene rings is 2. The molecule has 0 N–H and O–H groups in total. The van der Waals surface area contributed by atoms with Crippen LogP contribution >= 0.6 is 23.1 Å². The largest absolute Gasteiger partial charge is 0.308 e. The maximum absolute atomic E-state index is 13.3. The lowest BCUT2D eigenvalue weighted by atomic mass is 10.1. The van der Waals surface area contributed by atoms with Crippen LogP contribution in [0.3, 0.4) is 0 Å². The number of rotatable bonds is 3. The molecule has 1 aliphatic rings. The van der Waals surface area contributed by atoms with Crippen LogP contribution in [0.4, 0.5) is 5.69 Å². The van der Waals surface area contributed by atoms with Gasteiger partial charge in [0.2, 0.25) is 0 Å². The number of fused-ring (bicyclic) bond motifs is 3. The fourth-order valence-corrected chi connectivity index (χ4v) is 5.74. The Balaban J connectivity index is 1.73. The SMILES string of the molecule is CCN(C(=O)c1cc2c(s1)-c1ccccc1SC2)c1cc(C)ccc1C. The zero-order valence-electron chi connectivity index (χ0n) is 15.2. The third-order valence-corrected chi connectivity index (χ3v) is 7.07. The summed E-state index contributed by atoms with van der Waals surface area (Å²) in [6.07, 6.45) is 0. The van der Waals surface area contributed by atoms with E-state index in [0.29, 0.717) is 6.54 Å². The smallest absolute Gasteiger partial charge is 0.268 e. The van der Waals surface area contributed by atoms with Crippen molar-refractivity contribution in [1.29, 1.82) is 0 Å². The van der Waals surface area contributed by atoms with Crippen molar-refractivity contribution in [2.24, 2.45) is 0 Å². The van der Waals surface area contributed by atoms with E-state index in [9.17, 15) is 4.79 Å². The van der Waals surface area contributed by atoms with Crippen LogP contribution in [0, 0.1) is 13.8 Å². The van der Waals surface area contributed by atoms with E-state index in [1.165, 1.54) is 26.5 Å². The minimum absolute atomic E-state index is 0.100. The summed E-state index contributed by atoms with van der Waals surface area (Å²) in [6, 6.07) is 16.9. The van der Waals surface area contributed by atoms with Crippen molar-refractivity contribution < 1.29 is 4.79 Å². The topological polar surface area (TPSA) is 20.3 Å². The third-order valence-electron chi connectivity index (χ3n) is 4.75. The molecule has 26 heavy (non-hydrogen) atoms. The van der Waals surface area contributed by atoms with Gasteiger partial charge < -0.3 is 4.90 Å². The second-order valence-electron chi connectivity index (χ2n) is 6.59. The van der Waals surface area contributed by atoms with Crippen molar-refractivity contribution in [1.82, 2.24) is 0 Å². The maximum atomic E-state index is 13.3. The second-order valence-corrected chi connectivity index (χ2v) is 8.66. The Hall–Kier alpha value is -2.04. The molecule has 0 unspecified atom stereocenters. The first-order chi connectivity index (χ1) is 12.6. The minimum Gasteiger partial charge on any atom is -0.308 e. The van der Waals surface area contributed by atoms with Crippen LogP contribution in [0.25, 0.3) is 10.4 Å². The highest BCUT2D eigenvalue weighted by Crippen LogP contribution is 2.45. The van der Waals surface area contributed by atoms with Gasteiger partial charge in [0.1, 0.15) is 0 Å². The predicted octanol–water partition coefficient (Wildman–Crippen LogP) is 6.30. The van der Waals surface area contributed by atoms with Gasteiger partial charge in [0.05, 0.1) is 4.88 Å². The van der Waals surface area contributed by atoms with Crippen molar-refractivity contribution >= 4 is 34.7 Å². The molecule has 132 valence electrons. The number of thioether (sulfide) groups is 1. The molecule has 0 aliphatic carbocycles. The number of hydrogen-bond acceptors (Lipinski definition) is 3. The van der Waals surface area contributed by atoms with Gasteiger partial charge in [0.25, 0.3) is 5.91 Å². The van der Waals surface area contributed by atoms with Gasteiger partial charge in [-0.25, -0.2) is 0 Å². The summed E-state index contributed by atoms with van der Waals surface area (Å²) in [5.41, 5.74) is 5.86. The van der Waals surface area contributed by atoms with Crippen molar-refractivity contribution in [2.75, 3.05) is 11.4 Å². The molecule has 1 amide bonds. The molecule has 1 aliphatic heterocycles. The summed E-state index contributed by atoms with van der Waals surface area (Å²) in [5, 5.41) is 0. The highest BCUT2D eigenvalue weighted by Gasteiger charge is 2.25. The highest BCUT2D eigenvalue weighted by molar-refractivity contribution is 7.98. The van der Waals surface area contributed by atoms with Crippen LogP contribution in [0.2, 0.25) is 0 Å². The van der Waals surface area contributed by atoms with Gasteiger partial charge in [-0.15, -0.1) is 23.1 Å². The molecule has 0 atom stereocenters. The molecule has 4 rings (SSSR count). The van der Waals surface area contributed by atoms with Gasteiger partial charge in [0.15, 0.2) is 0 Å². The third kappa shape index (κ3) is 2.97. The van der Waals surface area contributed by atoms with Gasteiger partial charge in [-0.05, 0) is 55.7 Å². The number of aryl methyl sites for hydroxylation is 2. The molecule has 2 aromatic carbocycles. The summed E-state index contributed by atoms with van der Waals surface area (Å²) >= 11 is 3.48. The van der Waals surface area contributed by atoms with Gasteiger partial charge >= 0.3 is 0 Å². The number of anilines is 1. The number of nitrogens with zero attached hydrogens (tertiary/aromatic N) is 1. The Bertz CT molecular complexity index is 990. The normalized spacial score (nSPS) is 12.4. The maximum Gasteiger partial charge on any atom is 0.268 e. The van der Waals surface area contributed by atoms with E-state index in [0.717, 1.165) is 21.9 Å².